The lowest BCUT2D eigenvalue weighted by Gasteiger charge is -2.09. The van der Waals surface area contributed by atoms with E-state index < -0.39 is 0 Å². The topological polar surface area (TPSA) is 69.6 Å². The Balaban J connectivity index is 2.34. The zero-order valence-electron chi connectivity index (χ0n) is 7.83. The van der Waals surface area contributed by atoms with Crippen molar-refractivity contribution in [3.8, 4) is 0 Å². The van der Waals surface area contributed by atoms with Crippen LogP contribution in [0.2, 0.25) is 0 Å². The lowest BCUT2D eigenvalue weighted by molar-refractivity contribution is 0.696. The Morgan fingerprint density at radius 2 is 2.14 bits per heavy atom. The number of hydrogen-bond donors (Lipinski definition) is 1. The van der Waals surface area contributed by atoms with Crippen molar-refractivity contribution in [3.05, 3.63) is 42.5 Å². The standard InChI is InChI=1S/C9H11N5/c1-14-5-4-13-9(14)8(10)7-6-11-2-3-12-7/h2-6,8H,10H2,1H3. The quantitative estimate of drug-likeness (QED) is 0.735. The Kier molecular flexibility index (Phi) is 2.24. The van der Waals surface area contributed by atoms with Gasteiger partial charge in [-0.1, -0.05) is 0 Å². The minimum atomic E-state index is -0.316. The summed E-state index contributed by atoms with van der Waals surface area (Å²) in [6.45, 7) is 0. The molecule has 0 bridgehead atoms. The molecule has 14 heavy (non-hydrogen) atoms. The van der Waals surface area contributed by atoms with Crippen LogP contribution in [0.15, 0.2) is 31.0 Å². The number of aromatic nitrogens is 4. The van der Waals surface area contributed by atoms with E-state index in [9.17, 15) is 0 Å². The van der Waals surface area contributed by atoms with Crippen LogP contribution in [-0.2, 0) is 7.05 Å². The lowest BCUT2D eigenvalue weighted by atomic mass is 10.2. The summed E-state index contributed by atoms with van der Waals surface area (Å²) in [6.07, 6.45) is 8.46. The fourth-order valence-corrected chi connectivity index (χ4v) is 1.28. The SMILES string of the molecule is Cn1ccnc1C(N)c1cnccn1. The van der Waals surface area contributed by atoms with Crippen LogP contribution in [0.25, 0.3) is 0 Å². The molecule has 5 heteroatoms. The van der Waals surface area contributed by atoms with E-state index in [0.29, 0.717) is 0 Å². The van der Waals surface area contributed by atoms with Gasteiger partial charge in [-0.25, -0.2) is 4.98 Å². The Hall–Kier alpha value is -1.75. The predicted octanol–water partition coefficient (Wildman–Crippen LogP) is 0.258. The number of hydrogen-bond acceptors (Lipinski definition) is 4. The van der Waals surface area contributed by atoms with Crippen LogP contribution in [0.1, 0.15) is 17.6 Å². The highest BCUT2D eigenvalue weighted by atomic mass is 15.1. The van der Waals surface area contributed by atoms with Crippen molar-refractivity contribution in [2.75, 3.05) is 0 Å². The van der Waals surface area contributed by atoms with Crippen LogP contribution in [-0.4, -0.2) is 19.5 Å². The van der Waals surface area contributed by atoms with Crippen molar-refractivity contribution in [1.82, 2.24) is 19.5 Å². The average molecular weight is 189 g/mol. The van der Waals surface area contributed by atoms with Gasteiger partial charge in [-0.2, -0.15) is 0 Å². The highest BCUT2D eigenvalue weighted by molar-refractivity contribution is 5.13. The first kappa shape index (κ1) is 8.83. The number of aryl methyl sites for hydroxylation is 1. The fraction of sp³-hybridized carbons (Fsp3) is 0.222. The first-order valence-corrected chi connectivity index (χ1v) is 4.28. The van der Waals surface area contributed by atoms with Crippen molar-refractivity contribution >= 4 is 0 Å². The monoisotopic (exact) mass is 189 g/mol. The van der Waals surface area contributed by atoms with Gasteiger partial charge in [-0.15, -0.1) is 0 Å². The molecule has 2 aromatic rings. The largest absolute Gasteiger partial charge is 0.336 e. The minimum Gasteiger partial charge on any atom is -0.336 e. The molecule has 0 aliphatic carbocycles. The molecule has 0 aliphatic rings. The van der Waals surface area contributed by atoms with E-state index in [1.165, 1.54) is 0 Å². The van der Waals surface area contributed by atoms with Gasteiger partial charge in [0, 0.05) is 31.8 Å². The maximum Gasteiger partial charge on any atom is 0.131 e. The molecule has 5 nitrogen and oxygen atoms in total. The second-order valence-electron chi connectivity index (χ2n) is 3.00. The smallest absolute Gasteiger partial charge is 0.131 e. The molecule has 1 unspecified atom stereocenters. The molecular formula is C9H11N5. The first-order chi connectivity index (χ1) is 6.79. The van der Waals surface area contributed by atoms with Crippen molar-refractivity contribution < 1.29 is 0 Å². The van der Waals surface area contributed by atoms with E-state index in [-0.39, 0.29) is 6.04 Å². The fourth-order valence-electron chi connectivity index (χ4n) is 1.28. The molecule has 2 rings (SSSR count). The number of rotatable bonds is 2. The third-order valence-electron chi connectivity index (χ3n) is 2.04. The maximum absolute atomic E-state index is 5.98. The van der Waals surface area contributed by atoms with Gasteiger partial charge in [-0.05, 0) is 0 Å². The third kappa shape index (κ3) is 1.49. The van der Waals surface area contributed by atoms with Crippen LogP contribution in [0.5, 0.6) is 0 Å². The highest BCUT2D eigenvalue weighted by Gasteiger charge is 2.13. The molecule has 2 aromatic heterocycles. The van der Waals surface area contributed by atoms with Crippen molar-refractivity contribution in [1.29, 1.82) is 0 Å². The first-order valence-electron chi connectivity index (χ1n) is 4.28. The summed E-state index contributed by atoms with van der Waals surface area (Å²) < 4.78 is 1.87. The van der Waals surface area contributed by atoms with Gasteiger partial charge >= 0.3 is 0 Å². The van der Waals surface area contributed by atoms with Crippen molar-refractivity contribution in [2.24, 2.45) is 12.8 Å². The zero-order chi connectivity index (χ0) is 9.97. The summed E-state index contributed by atoms with van der Waals surface area (Å²) in [7, 11) is 1.90. The molecule has 0 saturated carbocycles. The molecular weight excluding hydrogens is 178 g/mol. The van der Waals surface area contributed by atoms with Crippen LogP contribution in [0.4, 0.5) is 0 Å². The van der Waals surface area contributed by atoms with Gasteiger partial charge in [0.1, 0.15) is 11.9 Å². The van der Waals surface area contributed by atoms with E-state index >= 15 is 0 Å². The van der Waals surface area contributed by atoms with Crippen LogP contribution >= 0.6 is 0 Å². The van der Waals surface area contributed by atoms with E-state index in [2.05, 4.69) is 15.0 Å². The molecule has 0 radical (unpaired) electrons. The molecule has 0 aromatic carbocycles. The second-order valence-corrected chi connectivity index (χ2v) is 3.00. The van der Waals surface area contributed by atoms with E-state index in [4.69, 9.17) is 5.73 Å². The Labute approximate surface area is 81.6 Å². The van der Waals surface area contributed by atoms with Crippen LogP contribution in [0.3, 0.4) is 0 Å². The van der Waals surface area contributed by atoms with Crippen LogP contribution in [0, 0.1) is 0 Å². The van der Waals surface area contributed by atoms with E-state index in [0.717, 1.165) is 11.5 Å². The van der Waals surface area contributed by atoms with Gasteiger partial charge in [0.15, 0.2) is 0 Å². The summed E-state index contributed by atoms with van der Waals surface area (Å²) in [6, 6.07) is -0.316. The summed E-state index contributed by atoms with van der Waals surface area (Å²) in [5.74, 6) is 0.783. The molecule has 0 fully saturated rings. The highest BCUT2D eigenvalue weighted by Crippen LogP contribution is 2.13. The molecule has 72 valence electrons. The summed E-state index contributed by atoms with van der Waals surface area (Å²) >= 11 is 0. The molecule has 0 aliphatic heterocycles. The number of imidazole rings is 1. The maximum atomic E-state index is 5.98. The van der Waals surface area contributed by atoms with E-state index in [1.807, 2.05) is 17.8 Å². The lowest BCUT2D eigenvalue weighted by Crippen LogP contribution is -2.17. The number of nitrogens with zero attached hydrogens (tertiary/aromatic N) is 4. The molecule has 2 heterocycles. The van der Waals surface area contributed by atoms with Gasteiger partial charge in [0.25, 0.3) is 0 Å². The third-order valence-corrected chi connectivity index (χ3v) is 2.04. The van der Waals surface area contributed by atoms with Crippen molar-refractivity contribution in [2.45, 2.75) is 6.04 Å². The molecule has 2 N–H and O–H groups in total. The molecule has 0 amide bonds. The molecule has 1 atom stereocenters. The van der Waals surface area contributed by atoms with E-state index in [1.54, 1.807) is 24.8 Å². The molecule has 0 spiro atoms. The van der Waals surface area contributed by atoms with Crippen molar-refractivity contribution in [3.63, 3.8) is 0 Å². The van der Waals surface area contributed by atoms with Crippen LogP contribution < -0.4 is 5.73 Å². The number of nitrogens with two attached hydrogens (primary N) is 1. The Morgan fingerprint density at radius 3 is 2.71 bits per heavy atom. The minimum absolute atomic E-state index is 0.316. The summed E-state index contributed by atoms with van der Waals surface area (Å²) in [5.41, 5.74) is 6.70. The average Bonchev–Trinajstić information content (AvgIpc) is 2.65. The summed E-state index contributed by atoms with van der Waals surface area (Å²) in [4.78, 5) is 12.3. The Morgan fingerprint density at radius 1 is 1.29 bits per heavy atom. The predicted molar refractivity (Wildman–Crippen MR) is 51.3 cm³/mol. The normalized spacial score (nSPS) is 12.7. The zero-order valence-corrected chi connectivity index (χ0v) is 7.83. The van der Waals surface area contributed by atoms with Gasteiger partial charge in [-0.3, -0.25) is 9.97 Å². The van der Waals surface area contributed by atoms with Gasteiger partial charge in [0.2, 0.25) is 0 Å². The van der Waals surface area contributed by atoms with Gasteiger partial charge < -0.3 is 10.3 Å². The second kappa shape index (κ2) is 3.55. The molecule has 0 saturated heterocycles. The summed E-state index contributed by atoms with van der Waals surface area (Å²) in [5, 5.41) is 0. The van der Waals surface area contributed by atoms with Gasteiger partial charge in [0.05, 0.1) is 11.9 Å². The Bertz CT molecular complexity index is 408.